The number of hydrogen-bond acceptors (Lipinski definition) is 4. The van der Waals surface area contributed by atoms with E-state index in [0.717, 1.165) is 47.6 Å². The highest BCUT2D eigenvalue weighted by atomic mass is 127. The fourth-order valence-electron chi connectivity index (χ4n) is 1.98. The fourth-order valence-corrected chi connectivity index (χ4v) is 3.68. The summed E-state index contributed by atoms with van der Waals surface area (Å²) in [5.74, 6) is 1.49. The van der Waals surface area contributed by atoms with Crippen LogP contribution >= 0.6 is 35.3 Å². The van der Waals surface area contributed by atoms with E-state index in [9.17, 15) is 8.42 Å². The third kappa shape index (κ3) is 9.80. The van der Waals surface area contributed by atoms with Gasteiger partial charge in [0.25, 0.3) is 0 Å². The van der Waals surface area contributed by atoms with Crippen LogP contribution < -0.4 is 15.8 Å². The summed E-state index contributed by atoms with van der Waals surface area (Å²) in [4.78, 5) is 5.35. The van der Waals surface area contributed by atoms with E-state index in [2.05, 4.69) is 29.5 Å². The van der Waals surface area contributed by atoms with Gasteiger partial charge in [-0.25, -0.2) is 18.5 Å². The van der Waals surface area contributed by atoms with E-state index in [1.165, 1.54) is 18.9 Å². The largest absolute Gasteiger partial charge is 0.357 e. The average Bonchev–Trinajstić information content (AvgIpc) is 2.93. The molecule has 4 N–H and O–H groups in total. The van der Waals surface area contributed by atoms with Crippen LogP contribution in [0.1, 0.15) is 44.9 Å². The Balaban J connectivity index is 0.00000529. The second-order valence-electron chi connectivity index (χ2n) is 5.78. The van der Waals surface area contributed by atoms with Gasteiger partial charge in [0.15, 0.2) is 5.96 Å². The molecular weight excluding hydrogens is 459 g/mol. The van der Waals surface area contributed by atoms with Crippen molar-refractivity contribution in [2.45, 2.75) is 50.8 Å². The fraction of sp³-hybridized carbons (Fsp3) is 0.667. The predicted molar refractivity (Wildman–Crippen MR) is 113 cm³/mol. The molecule has 1 heterocycles. The van der Waals surface area contributed by atoms with E-state index >= 15 is 0 Å². The van der Waals surface area contributed by atoms with Crippen molar-refractivity contribution in [2.75, 3.05) is 13.1 Å². The molecule has 1 rings (SSSR count). The molecule has 0 atom stereocenters. The van der Waals surface area contributed by atoms with Gasteiger partial charge in [0.05, 0.1) is 6.54 Å². The van der Waals surface area contributed by atoms with E-state index in [1.54, 1.807) is 6.07 Å². The van der Waals surface area contributed by atoms with E-state index in [4.69, 9.17) is 5.14 Å². The van der Waals surface area contributed by atoms with E-state index in [1.807, 2.05) is 6.92 Å². The summed E-state index contributed by atoms with van der Waals surface area (Å²) in [6.45, 7) is 8.57. The molecule has 0 fully saturated rings. The van der Waals surface area contributed by atoms with Crippen molar-refractivity contribution in [2.24, 2.45) is 16.0 Å². The van der Waals surface area contributed by atoms with Gasteiger partial charge in [-0.2, -0.15) is 0 Å². The maximum Gasteiger partial charge on any atom is 0.247 e. The highest BCUT2D eigenvalue weighted by molar-refractivity contribution is 14.0. The second-order valence-corrected chi connectivity index (χ2v) is 8.73. The first-order chi connectivity index (χ1) is 10.8. The number of sulfonamides is 1. The lowest BCUT2D eigenvalue weighted by atomic mass is 10.1. The molecule has 9 heteroatoms. The van der Waals surface area contributed by atoms with Gasteiger partial charge < -0.3 is 10.6 Å². The third-order valence-corrected chi connectivity index (χ3v) is 5.66. The van der Waals surface area contributed by atoms with Gasteiger partial charge >= 0.3 is 0 Å². The lowest BCUT2D eigenvalue weighted by Crippen LogP contribution is -2.37. The third-order valence-electron chi connectivity index (χ3n) is 3.16. The first-order valence-corrected chi connectivity index (χ1v) is 10.3. The molecule has 0 unspecified atom stereocenters. The van der Waals surface area contributed by atoms with Crippen LogP contribution in [-0.2, 0) is 16.6 Å². The molecule has 6 nitrogen and oxygen atoms in total. The molecule has 0 aliphatic rings. The monoisotopic (exact) mass is 488 g/mol. The van der Waals surface area contributed by atoms with Crippen LogP contribution in [0.4, 0.5) is 0 Å². The van der Waals surface area contributed by atoms with E-state index < -0.39 is 10.0 Å². The highest BCUT2D eigenvalue weighted by Gasteiger charge is 2.10. The van der Waals surface area contributed by atoms with Crippen molar-refractivity contribution in [1.29, 1.82) is 0 Å². The molecule has 1 aromatic heterocycles. The van der Waals surface area contributed by atoms with Crippen LogP contribution in [0, 0.1) is 5.92 Å². The van der Waals surface area contributed by atoms with E-state index in [0.29, 0.717) is 6.54 Å². The summed E-state index contributed by atoms with van der Waals surface area (Å²) >= 11 is 1.16. The minimum Gasteiger partial charge on any atom is -0.357 e. The number of nitrogens with two attached hydrogens (primary N) is 1. The number of rotatable bonds is 9. The smallest absolute Gasteiger partial charge is 0.247 e. The molecule has 0 aliphatic carbocycles. The summed E-state index contributed by atoms with van der Waals surface area (Å²) in [7, 11) is -3.62. The highest BCUT2D eigenvalue weighted by Crippen LogP contribution is 2.20. The van der Waals surface area contributed by atoms with Crippen LogP contribution in [0.15, 0.2) is 21.3 Å². The molecule has 0 spiro atoms. The Morgan fingerprint density at radius 2 is 2.00 bits per heavy atom. The Labute approximate surface area is 166 Å². The van der Waals surface area contributed by atoms with Gasteiger partial charge in [-0.05, 0) is 31.4 Å². The van der Waals surface area contributed by atoms with Gasteiger partial charge in [0, 0.05) is 18.0 Å². The van der Waals surface area contributed by atoms with Crippen molar-refractivity contribution >= 4 is 51.3 Å². The normalized spacial score (nSPS) is 12.1. The van der Waals surface area contributed by atoms with Crippen LogP contribution in [0.25, 0.3) is 0 Å². The summed E-state index contributed by atoms with van der Waals surface area (Å²) in [6, 6.07) is 3.28. The summed E-state index contributed by atoms with van der Waals surface area (Å²) < 4.78 is 22.7. The molecular formula is C15H29IN4O2S2. The number of halogens is 1. The molecule has 0 radical (unpaired) electrons. The standard InChI is InChI=1S/C15H28N4O2S2.HI/c1-4-17-15(18-10-6-5-7-12(2)3)19-11-13-8-9-14(22-13)23(16,20)21;/h8-9,12H,4-7,10-11H2,1-3H3,(H2,16,20,21)(H2,17,18,19);1H. The van der Waals surface area contributed by atoms with Crippen LogP contribution in [0.2, 0.25) is 0 Å². The van der Waals surface area contributed by atoms with Crippen LogP contribution in [-0.4, -0.2) is 27.5 Å². The zero-order chi connectivity index (χ0) is 17.3. The Kier molecular flexibility index (Phi) is 11.8. The molecule has 0 amide bonds. The number of nitrogens with zero attached hydrogens (tertiary/aromatic N) is 1. The molecule has 0 saturated carbocycles. The lowest BCUT2D eigenvalue weighted by molar-refractivity contribution is 0.534. The van der Waals surface area contributed by atoms with E-state index in [-0.39, 0.29) is 28.2 Å². The van der Waals surface area contributed by atoms with Crippen molar-refractivity contribution in [3.63, 3.8) is 0 Å². The Morgan fingerprint density at radius 1 is 1.29 bits per heavy atom. The van der Waals surface area contributed by atoms with Gasteiger partial charge in [-0.1, -0.05) is 26.7 Å². The predicted octanol–water partition coefficient (Wildman–Crippen LogP) is 2.89. The molecule has 24 heavy (non-hydrogen) atoms. The minimum absolute atomic E-state index is 0. The Morgan fingerprint density at radius 3 is 2.54 bits per heavy atom. The summed E-state index contributed by atoms with van der Waals surface area (Å²) in [5.41, 5.74) is 0. The molecule has 0 saturated heterocycles. The Hall–Kier alpha value is -0.390. The maximum atomic E-state index is 11.3. The quantitative estimate of drug-likeness (QED) is 0.216. The number of thiophene rings is 1. The molecule has 140 valence electrons. The van der Waals surface area contributed by atoms with Gasteiger partial charge in [0.2, 0.25) is 10.0 Å². The lowest BCUT2D eigenvalue weighted by Gasteiger charge is -2.11. The SMILES string of the molecule is CCNC(=NCc1ccc(S(N)(=O)=O)s1)NCCCCC(C)C.I. The van der Waals surface area contributed by atoms with Crippen molar-refractivity contribution in [3.05, 3.63) is 17.0 Å². The van der Waals surface area contributed by atoms with Gasteiger partial charge in [-0.15, -0.1) is 35.3 Å². The number of guanidine groups is 1. The van der Waals surface area contributed by atoms with Crippen LogP contribution in [0.5, 0.6) is 0 Å². The molecule has 0 bridgehead atoms. The zero-order valence-electron chi connectivity index (χ0n) is 14.5. The van der Waals surface area contributed by atoms with Gasteiger partial charge in [-0.3, -0.25) is 0 Å². The summed E-state index contributed by atoms with van der Waals surface area (Å²) in [5, 5.41) is 11.6. The molecule has 1 aromatic rings. The molecule has 0 aromatic carbocycles. The van der Waals surface area contributed by atoms with Crippen molar-refractivity contribution in [1.82, 2.24) is 10.6 Å². The first-order valence-electron chi connectivity index (χ1n) is 7.96. The van der Waals surface area contributed by atoms with Crippen LogP contribution in [0.3, 0.4) is 0 Å². The first kappa shape index (κ1) is 23.6. The van der Waals surface area contributed by atoms with Gasteiger partial charge in [0.1, 0.15) is 4.21 Å². The number of primary sulfonamides is 1. The number of nitrogens with one attached hydrogen (secondary N) is 2. The molecule has 0 aliphatic heterocycles. The second kappa shape index (κ2) is 12.0. The zero-order valence-corrected chi connectivity index (χ0v) is 18.5. The average molecular weight is 488 g/mol. The number of aliphatic imine (C=N–C) groups is 1. The maximum absolute atomic E-state index is 11.3. The minimum atomic E-state index is -3.62. The van der Waals surface area contributed by atoms with Crippen molar-refractivity contribution < 1.29 is 8.42 Å². The van der Waals surface area contributed by atoms with Crippen molar-refractivity contribution in [3.8, 4) is 0 Å². The Bertz CT molecular complexity index is 600. The number of unbranched alkanes of at least 4 members (excludes halogenated alkanes) is 1. The summed E-state index contributed by atoms with van der Waals surface area (Å²) in [6.07, 6.45) is 3.55. The number of hydrogen-bond donors (Lipinski definition) is 3. The topological polar surface area (TPSA) is 96.6 Å².